The fourth-order valence-electron chi connectivity index (χ4n) is 1.70. The van der Waals surface area contributed by atoms with Gasteiger partial charge in [0.2, 0.25) is 0 Å². The molecule has 100 valence electrons. The lowest BCUT2D eigenvalue weighted by atomic mass is 10.2. The van der Waals surface area contributed by atoms with Crippen LogP contribution < -0.4 is 5.32 Å². The zero-order valence-corrected chi connectivity index (χ0v) is 11.1. The number of nitro benzene ring substituents is 1. The van der Waals surface area contributed by atoms with E-state index in [0.29, 0.717) is 0 Å². The van der Waals surface area contributed by atoms with Gasteiger partial charge in [-0.05, 0) is 26.3 Å². The molecule has 0 unspecified atom stereocenters. The zero-order chi connectivity index (χ0) is 14.0. The van der Waals surface area contributed by atoms with Gasteiger partial charge in [0, 0.05) is 30.1 Å². The van der Waals surface area contributed by atoms with Crippen LogP contribution in [0.4, 0.5) is 17.1 Å². The van der Waals surface area contributed by atoms with Crippen LogP contribution in [0.25, 0.3) is 0 Å². The lowest BCUT2D eigenvalue weighted by Gasteiger charge is -2.07. The Morgan fingerprint density at radius 2 is 2.16 bits per heavy atom. The Morgan fingerprint density at radius 1 is 1.42 bits per heavy atom. The summed E-state index contributed by atoms with van der Waals surface area (Å²) in [5, 5.41) is 18.1. The number of nitrogens with one attached hydrogen (secondary N) is 1. The monoisotopic (exact) mass is 260 g/mol. The average molecular weight is 260 g/mol. The van der Waals surface area contributed by atoms with Gasteiger partial charge in [-0.1, -0.05) is 6.07 Å². The maximum Gasteiger partial charge on any atom is 0.271 e. The van der Waals surface area contributed by atoms with Crippen molar-refractivity contribution in [2.75, 3.05) is 5.32 Å². The summed E-state index contributed by atoms with van der Waals surface area (Å²) in [4.78, 5) is 10.4. The molecule has 0 amide bonds. The van der Waals surface area contributed by atoms with Crippen molar-refractivity contribution < 1.29 is 4.92 Å². The predicted molar refractivity (Wildman–Crippen MR) is 73.7 cm³/mol. The van der Waals surface area contributed by atoms with E-state index < -0.39 is 4.92 Å². The SMILES string of the molecule is Cc1ccc([N+](=O)[O-])cc1Nc1cnn(C(C)C)c1. The Kier molecular flexibility index (Phi) is 3.50. The van der Waals surface area contributed by atoms with E-state index in [1.165, 1.54) is 12.1 Å². The molecule has 0 aliphatic rings. The van der Waals surface area contributed by atoms with Crippen molar-refractivity contribution in [1.82, 2.24) is 9.78 Å². The summed E-state index contributed by atoms with van der Waals surface area (Å²) in [5.41, 5.74) is 2.56. The van der Waals surface area contributed by atoms with Gasteiger partial charge in [0.15, 0.2) is 0 Å². The molecule has 1 heterocycles. The first-order valence-corrected chi connectivity index (χ1v) is 6.03. The van der Waals surface area contributed by atoms with Crippen LogP contribution >= 0.6 is 0 Å². The molecule has 0 saturated carbocycles. The highest BCUT2D eigenvalue weighted by Crippen LogP contribution is 2.25. The summed E-state index contributed by atoms with van der Waals surface area (Å²) in [6, 6.07) is 5.04. The molecule has 0 aliphatic carbocycles. The van der Waals surface area contributed by atoms with Crippen molar-refractivity contribution in [3.63, 3.8) is 0 Å². The highest BCUT2D eigenvalue weighted by atomic mass is 16.6. The molecule has 0 bridgehead atoms. The lowest BCUT2D eigenvalue weighted by molar-refractivity contribution is -0.384. The van der Waals surface area contributed by atoms with Crippen LogP contribution in [0.15, 0.2) is 30.6 Å². The number of rotatable bonds is 4. The zero-order valence-electron chi connectivity index (χ0n) is 11.1. The number of anilines is 2. The van der Waals surface area contributed by atoms with Crippen molar-refractivity contribution in [2.24, 2.45) is 0 Å². The molecular weight excluding hydrogens is 244 g/mol. The van der Waals surface area contributed by atoms with Crippen LogP contribution in [0.1, 0.15) is 25.5 Å². The Labute approximate surface area is 111 Å². The van der Waals surface area contributed by atoms with Crippen LogP contribution in [-0.4, -0.2) is 14.7 Å². The van der Waals surface area contributed by atoms with Crippen LogP contribution in [0.5, 0.6) is 0 Å². The van der Waals surface area contributed by atoms with Gasteiger partial charge in [0.1, 0.15) is 0 Å². The molecule has 2 aromatic rings. The van der Waals surface area contributed by atoms with Gasteiger partial charge in [-0.25, -0.2) is 0 Å². The first-order valence-electron chi connectivity index (χ1n) is 6.03. The average Bonchev–Trinajstić information content (AvgIpc) is 2.80. The number of nitro groups is 1. The first kappa shape index (κ1) is 13.1. The molecule has 2 rings (SSSR count). The third kappa shape index (κ3) is 2.90. The molecular formula is C13H16N4O2. The van der Waals surface area contributed by atoms with E-state index in [4.69, 9.17) is 0 Å². The largest absolute Gasteiger partial charge is 0.353 e. The van der Waals surface area contributed by atoms with Gasteiger partial charge in [-0.3, -0.25) is 14.8 Å². The van der Waals surface area contributed by atoms with Crippen LogP contribution in [-0.2, 0) is 0 Å². The van der Waals surface area contributed by atoms with Crippen LogP contribution in [0.2, 0.25) is 0 Å². The quantitative estimate of drug-likeness (QED) is 0.675. The van der Waals surface area contributed by atoms with Gasteiger partial charge in [-0.2, -0.15) is 5.10 Å². The molecule has 0 spiro atoms. The van der Waals surface area contributed by atoms with Crippen LogP contribution in [0.3, 0.4) is 0 Å². The van der Waals surface area contributed by atoms with Crippen molar-refractivity contribution in [3.8, 4) is 0 Å². The topological polar surface area (TPSA) is 73.0 Å². The number of hydrogen-bond acceptors (Lipinski definition) is 4. The molecule has 19 heavy (non-hydrogen) atoms. The molecule has 0 saturated heterocycles. The van der Waals surface area contributed by atoms with Crippen molar-refractivity contribution >= 4 is 17.1 Å². The van der Waals surface area contributed by atoms with E-state index in [-0.39, 0.29) is 11.7 Å². The Hall–Kier alpha value is -2.37. The minimum Gasteiger partial charge on any atom is -0.353 e. The maximum absolute atomic E-state index is 10.8. The van der Waals surface area contributed by atoms with Gasteiger partial charge in [0.25, 0.3) is 5.69 Å². The highest BCUT2D eigenvalue weighted by Gasteiger charge is 2.09. The minimum atomic E-state index is -0.401. The Balaban J connectivity index is 2.26. The Bertz CT molecular complexity index is 604. The van der Waals surface area contributed by atoms with Gasteiger partial charge < -0.3 is 5.32 Å². The summed E-state index contributed by atoms with van der Waals surface area (Å²) in [7, 11) is 0. The molecule has 0 radical (unpaired) electrons. The minimum absolute atomic E-state index is 0.0735. The number of aryl methyl sites for hydroxylation is 1. The smallest absolute Gasteiger partial charge is 0.271 e. The third-order valence-corrected chi connectivity index (χ3v) is 2.84. The van der Waals surface area contributed by atoms with Gasteiger partial charge >= 0.3 is 0 Å². The van der Waals surface area contributed by atoms with Crippen molar-refractivity contribution in [1.29, 1.82) is 0 Å². The second-order valence-corrected chi connectivity index (χ2v) is 4.68. The molecule has 1 N–H and O–H groups in total. The molecule has 0 atom stereocenters. The van der Waals surface area contributed by atoms with E-state index in [0.717, 1.165) is 16.9 Å². The van der Waals surface area contributed by atoms with Crippen molar-refractivity contribution in [3.05, 3.63) is 46.3 Å². The fourth-order valence-corrected chi connectivity index (χ4v) is 1.70. The molecule has 0 aliphatic heterocycles. The van der Waals surface area contributed by atoms with E-state index in [1.54, 1.807) is 12.3 Å². The molecule has 6 nitrogen and oxygen atoms in total. The summed E-state index contributed by atoms with van der Waals surface area (Å²) >= 11 is 0. The third-order valence-electron chi connectivity index (χ3n) is 2.84. The number of aromatic nitrogens is 2. The number of benzene rings is 1. The van der Waals surface area contributed by atoms with Crippen molar-refractivity contribution in [2.45, 2.75) is 26.8 Å². The van der Waals surface area contributed by atoms with E-state index >= 15 is 0 Å². The van der Waals surface area contributed by atoms with E-state index in [1.807, 2.05) is 31.6 Å². The number of hydrogen-bond donors (Lipinski definition) is 1. The summed E-state index contributed by atoms with van der Waals surface area (Å²) in [6.45, 7) is 5.98. The highest BCUT2D eigenvalue weighted by molar-refractivity contribution is 5.64. The predicted octanol–water partition coefficient (Wildman–Crippen LogP) is 3.42. The van der Waals surface area contributed by atoms with Crippen LogP contribution in [0, 0.1) is 17.0 Å². The molecule has 1 aromatic carbocycles. The lowest BCUT2D eigenvalue weighted by Crippen LogP contribution is -2.00. The first-order chi connectivity index (χ1) is 8.97. The molecule has 0 fully saturated rings. The second kappa shape index (κ2) is 5.09. The molecule has 6 heteroatoms. The second-order valence-electron chi connectivity index (χ2n) is 4.68. The fraction of sp³-hybridized carbons (Fsp3) is 0.308. The maximum atomic E-state index is 10.8. The normalized spacial score (nSPS) is 10.7. The van der Waals surface area contributed by atoms with E-state index in [2.05, 4.69) is 10.4 Å². The molecule has 1 aromatic heterocycles. The van der Waals surface area contributed by atoms with Gasteiger partial charge in [-0.15, -0.1) is 0 Å². The van der Waals surface area contributed by atoms with E-state index in [9.17, 15) is 10.1 Å². The number of non-ortho nitro benzene ring substituents is 1. The number of nitrogens with zero attached hydrogens (tertiary/aromatic N) is 3. The van der Waals surface area contributed by atoms with Gasteiger partial charge in [0.05, 0.1) is 16.8 Å². The summed E-state index contributed by atoms with van der Waals surface area (Å²) in [6.07, 6.45) is 3.58. The Morgan fingerprint density at radius 3 is 2.74 bits per heavy atom. The standard InChI is InChI=1S/C13H16N4O2/c1-9(2)16-8-11(7-14-16)15-13-6-12(17(18)19)5-4-10(13)3/h4-9,15H,1-3H3. The summed E-state index contributed by atoms with van der Waals surface area (Å²) in [5.74, 6) is 0. The summed E-state index contributed by atoms with van der Waals surface area (Å²) < 4.78 is 1.83.